The van der Waals surface area contributed by atoms with Gasteiger partial charge in [0.05, 0.1) is 0 Å². The topological polar surface area (TPSA) is 0 Å². The van der Waals surface area contributed by atoms with Gasteiger partial charge in [-0.25, -0.2) is 0 Å². The van der Waals surface area contributed by atoms with E-state index in [2.05, 4.69) is 0 Å². The van der Waals surface area contributed by atoms with Gasteiger partial charge in [-0.05, 0) is 0 Å². The molecular formula is H2CaCeMnTi. The van der Waals surface area contributed by atoms with Crippen molar-refractivity contribution in [3.05, 3.63) is 0 Å². The maximum Gasteiger partial charge on any atom is 0 e. The summed E-state index contributed by atoms with van der Waals surface area (Å²) >= 11 is 0. The fourth-order valence-electron chi connectivity index (χ4n) is 0. The van der Waals surface area contributed by atoms with E-state index >= 15 is 0 Å². The average molecular weight is 285 g/mol. The molecule has 0 atom stereocenters. The van der Waals surface area contributed by atoms with Crippen LogP contribution in [-0.4, -0.2) is 37.7 Å². The van der Waals surface area contributed by atoms with Gasteiger partial charge in [-0.2, -0.15) is 0 Å². The van der Waals surface area contributed by atoms with Crippen LogP contribution in [0.2, 0.25) is 0 Å². The van der Waals surface area contributed by atoms with Gasteiger partial charge < -0.3 is 0 Å². The Hall–Kier alpha value is 3.87. The summed E-state index contributed by atoms with van der Waals surface area (Å²) in [6.45, 7) is 0. The second kappa shape index (κ2) is 15.8. The van der Waals surface area contributed by atoms with Crippen LogP contribution in [0, 0.1) is 41.7 Å². The quantitative estimate of drug-likeness (QED) is 0.505. The summed E-state index contributed by atoms with van der Waals surface area (Å²) in [5, 5.41) is 0. The fourth-order valence-corrected chi connectivity index (χ4v) is 0. The van der Waals surface area contributed by atoms with Gasteiger partial charge in [0, 0.05) is 80.5 Å². The van der Waals surface area contributed by atoms with Crippen LogP contribution in [0.4, 0.5) is 0 Å². The SMILES string of the molecule is [CaH2].[Ce].[Mn].[Ti]. The van der Waals surface area contributed by atoms with E-state index < -0.39 is 0 Å². The summed E-state index contributed by atoms with van der Waals surface area (Å²) < 4.78 is 0. The standard InChI is InChI=1S/Ca.Ce.Mn.Ti.2H. The third-order valence-corrected chi connectivity index (χ3v) is 0. The third-order valence-electron chi connectivity index (χ3n) is 0. The molecule has 0 aliphatic rings. The molecule has 0 rings (SSSR count). The van der Waals surface area contributed by atoms with E-state index in [1.54, 1.807) is 0 Å². The van der Waals surface area contributed by atoms with Crippen molar-refractivity contribution in [1.29, 1.82) is 0 Å². The number of hydrogen-bond donors (Lipinski definition) is 0. The molecule has 0 bridgehead atoms. The Morgan fingerprint density at radius 2 is 1.00 bits per heavy atom. The minimum Gasteiger partial charge on any atom is 0 e. The Kier molecular flexibility index (Phi) is 98.0. The van der Waals surface area contributed by atoms with Gasteiger partial charge in [-0.3, -0.25) is 0 Å². The zero-order chi connectivity index (χ0) is 0. The summed E-state index contributed by atoms with van der Waals surface area (Å²) in [6, 6.07) is 0. The molecular weight excluding hydrogens is 283 g/mol. The van der Waals surface area contributed by atoms with Crippen LogP contribution in [0.1, 0.15) is 0 Å². The van der Waals surface area contributed by atoms with Gasteiger partial charge >= 0.3 is 37.7 Å². The van der Waals surface area contributed by atoms with Crippen LogP contribution >= 0.6 is 0 Å². The van der Waals surface area contributed by atoms with Gasteiger partial charge in [-0.1, -0.05) is 0 Å². The molecule has 0 heterocycles. The smallest absolute Gasteiger partial charge is 0 e. The predicted molar refractivity (Wildman–Crippen MR) is 8.54 cm³/mol. The number of rotatable bonds is 0. The van der Waals surface area contributed by atoms with E-state index in [1.807, 2.05) is 0 Å². The summed E-state index contributed by atoms with van der Waals surface area (Å²) in [5.74, 6) is 0. The molecule has 4 heavy (non-hydrogen) atoms. The molecule has 0 saturated carbocycles. The van der Waals surface area contributed by atoms with Crippen molar-refractivity contribution < 1.29 is 80.5 Å². The molecule has 0 amide bonds. The van der Waals surface area contributed by atoms with Crippen molar-refractivity contribution in [3.63, 3.8) is 0 Å². The molecule has 0 aliphatic heterocycles. The van der Waals surface area contributed by atoms with Crippen LogP contribution in [0.25, 0.3) is 0 Å². The van der Waals surface area contributed by atoms with Crippen LogP contribution in [0.3, 0.4) is 0 Å². The molecule has 0 aromatic carbocycles. The molecule has 0 fully saturated rings. The molecule has 0 aliphatic carbocycles. The molecule has 0 aromatic heterocycles. The first-order valence-electron chi connectivity index (χ1n) is 0. The normalized spacial score (nSPS) is 0. The van der Waals surface area contributed by atoms with E-state index in [-0.39, 0.29) is 118 Å². The first-order valence-corrected chi connectivity index (χ1v) is 0. The minimum absolute atomic E-state index is 0. The zero-order valence-electron chi connectivity index (χ0n) is 1.38. The van der Waals surface area contributed by atoms with Gasteiger partial charge in [0.1, 0.15) is 0 Å². The largest absolute Gasteiger partial charge is 0 e. The van der Waals surface area contributed by atoms with E-state index in [4.69, 9.17) is 0 Å². The fraction of sp³-hybridized carbons (Fsp3) is 0. The molecule has 0 N–H and O–H groups in total. The molecule has 0 unspecified atom stereocenters. The molecule has 19 valence electrons. The second-order valence-electron chi connectivity index (χ2n) is 0. The average Bonchev–Trinajstić information content (AvgIpc) is 0. The summed E-state index contributed by atoms with van der Waals surface area (Å²) in [6.07, 6.45) is 0. The van der Waals surface area contributed by atoms with Crippen molar-refractivity contribution in [2.24, 2.45) is 0 Å². The molecule has 1 radical (unpaired) electrons. The van der Waals surface area contributed by atoms with Crippen LogP contribution in [0.5, 0.6) is 0 Å². The third kappa shape index (κ3) is 9.30. The summed E-state index contributed by atoms with van der Waals surface area (Å²) in [4.78, 5) is 0. The molecule has 0 aromatic rings. The summed E-state index contributed by atoms with van der Waals surface area (Å²) in [5.41, 5.74) is 0. The van der Waals surface area contributed by atoms with Gasteiger partial charge in [0.2, 0.25) is 0 Å². The van der Waals surface area contributed by atoms with Crippen molar-refractivity contribution >= 4 is 37.7 Å². The van der Waals surface area contributed by atoms with Gasteiger partial charge in [-0.15, -0.1) is 0 Å². The maximum atomic E-state index is 0. The van der Waals surface area contributed by atoms with Crippen LogP contribution < -0.4 is 0 Å². The first-order chi connectivity index (χ1) is 0. The Bertz CT molecular complexity index is 8.00. The molecule has 0 nitrogen and oxygen atoms in total. The summed E-state index contributed by atoms with van der Waals surface area (Å²) in [7, 11) is 0. The Balaban J connectivity index is 0. The van der Waals surface area contributed by atoms with Crippen molar-refractivity contribution in [2.45, 2.75) is 0 Å². The van der Waals surface area contributed by atoms with Crippen LogP contribution in [0.15, 0.2) is 0 Å². The van der Waals surface area contributed by atoms with E-state index in [0.29, 0.717) is 0 Å². The zero-order valence-corrected chi connectivity index (χ0v) is 7.26. The second-order valence-corrected chi connectivity index (χ2v) is 0. The van der Waals surface area contributed by atoms with E-state index in [1.165, 1.54) is 0 Å². The van der Waals surface area contributed by atoms with Crippen LogP contribution in [-0.2, 0) is 38.8 Å². The van der Waals surface area contributed by atoms with E-state index in [0.717, 1.165) is 0 Å². The Morgan fingerprint density at radius 1 is 1.00 bits per heavy atom. The van der Waals surface area contributed by atoms with Gasteiger partial charge in [0.25, 0.3) is 0 Å². The Labute approximate surface area is 115 Å². The monoisotopic (exact) mass is 285 g/mol. The van der Waals surface area contributed by atoms with E-state index in [9.17, 15) is 0 Å². The maximum absolute atomic E-state index is 0. The van der Waals surface area contributed by atoms with Crippen molar-refractivity contribution in [3.8, 4) is 0 Å². The Morgan fingerprint density at radius 3 is 1.00 bits per heavy atom. The number of hydrogen-bond acceptors (Lipinski definition) is 0. The predicted octanol–water partition coefficient (Wildman–Crippen LogP) is -0.921. The minimum atomic E-state index is 0. The van der Waals surface area contributed by atoms with Gasteiger partial charge in [0.15, 0.2) is 0 Å². The first kappa shape index (κ1) is 24.8. The van der Waals surface area contributed by atoms with Crippen molar-refractivity contribution in [2.75, 3.05) is 0 Å². The molecule has 4 heteroatoms. The molecule has 0 spiro atoms. The van der Waals surface area contributed by atoms with Crippen molar-refractivity contribution in [1.82, 2.24) is 0 Å². The molecule has 0 saturated heterocycles.